The molecule has 0 radical (unpaired) electrons. The van der Waals surface area contributed by atoms with Crippen molar-refractivity contribution in [1.82, 2.24) is 35.1 Å². The van der Waals surface area contributed by atoms with E-state index in [0.717, 1.165) is 11.6 Å². The molecule has 10 nitrogen and oxygen atoms in total. The minimum Gasteiger partial charge on any atom is -0.508 e. The molecule has 2 aromatic carbocycles. The number of amides is 1. The van der Waals surface area contributed by atoms with Gasteiger partial charge in [0.25, 0.3) is 0 Å². The average molecular weight is 557 g/mol. The van der Waals surface area contributed by atoms with E-state index in [-0.39, 0.29) is 18.1 Å². The first-order valence-corrected chi connectivity index (χ1v) is 13.0. The number of benzene rings is 2. The van der Waals surface area contributed by atoms with E-state index in [4.69, 9.17) is 9.97 Å². The second kappa shape index (κ2) is 10.2. The van der Waals surface area contributed by atoms with Gasteiger partial charge in [0.05, 0.1) is 40.7 Å². The lowest BCUT2D eigenvalue weighted by Gasteiger charge is -2.07. The van der Waals surface area contributed by atoms with Gasteiger partial charge in [0.1, 0.15) is 22.6 Å². The molecule has 5 aromatic heterocycles. The first-order valence-electron chi connectivity index (χ1n) is 13.0. The van der Waals surface area contributed by atoms with Crippen molar-refractivity contribution in [2.45, 2.75) is 6.42 Å². The van der Waals surface area contributed by atoms with Gasteiger partial charge in [-0.15, -0.1) is 0 Å². The van der Waals surface area contributed by atoms with Crippen LogP contribution in [0.5, 0.6) is 5.75 Å². The predicted molar refractivity (Wildman–Crippen MR) is 156 cm³/mol. The van der Waals surface area contributed by atoms with E-state index < -0.39 is 5.82 Å². The second-order valence-electron chi connectivity index (χ2n) is 9.68. The van der Waals surface area contributed by atoms with Crippen molar-refractivity contribution in [3.05, 3.63) is 103 Å². The summed E-state index contributed by atoms with van der Waals surface area (Å²) in [4.78, 5) is 34.1. The standard InChI is InChI=1S/C31H21FN8O2/c32-20-11-18(13-22(41)14-20)27-28-24(8-9-34-27)37-31(38-28)30-29-25(39-40-30)7-6-23(36-29)19-12-21(16-33-15-19)35-26(42)10-17-4-2-1-3-5-17/h1-9,11-16,41H,10H2,(H,35,42)(H,37,38)(H,39,40). The predicted octanol–water partition coefficient (Wildman–Crippen LogP) is 5.65. The van der Waals surface area contributed by atoms with Gasteiger partial charge in [0.2, 0.25) is 5.91 Å². The van der Waals surface area contributed by atoms with Crippen LogP contribution in [0.4, 0.5) is 10.1 Å². The highest BCUT2D eigenvalue weighted by Gasteiger charge is 2.18. The van der Waals surface area contributed by atoms with Gasteiger partial charge < -0.3 is 15.4 Å². The van der Waals surface area contributed by atoms with Gasteiger partial charge in [-0.3, -0.25) is 19.9 Å². The molecule has 42 heavy (non-hydrogen) atoms. The van der Waals surface area contributed by atoms with Crippen LogP contribution in [0.15, 0.2) is 91.4 Å². The van der Waals surface area contributed by atoms with Crippen molar-refractivity contribution < 1.29 is 14.3 Å². The number of aromatic amines is 2. The molecule has 0 spiro atoms. The van der Waals surface area contributed by atoms with Crippen LogP contribution in [0, 0.1) is 5.82 Å². The number of halogens is 1. The Hall–Kier alpha value is -5.97. The van der Waals surface area contributed by atoms with E-state index in [1.807, 2.05) is 48.5 Å². The Morgan fingerprint density at radius 2 is 1.74 bits per heavy atom. The van der Waals surface area contributed by atoms with Crippen LogP contribution in [-0.2, 0) is 11.2 Å². The number of phenolic OH excluding ortho intramolecular Hbond substituents is 1. The maximum atomic E-state index is 14.0. The summed E-state index contributed by atoms with van der Waals surface area (Å²) in [6.45, 7) is 0. The van der Waals surface area contributed by atoms with E-state index >= 15 is 0 Å². The highest BCUT2D eigenvalue weighted by Crippen LogP contribution is 2.32. The molecule has 7 rings (SSSR count). The van der Waals surface area contributed by atoms with E-state index in [1.165, 1.54) is 12.1 Å². The molecule has 0 saturated heterocycles. The molecule has 0 aliphatic heterocycles. The Balaban J connectivity index is 1.22. The number of nitrogens with one attached hydrogen (secondary N) is 3. The summed E-state index contributed by atoms with van der Waals surface area (Å²) in [6, 6.07) is 20.5. The van der Waals surface area contributed by atoms with Crippen molar-refractivity contribution in [3.63, 3.8) is 0 Å². The van der Waals surface area contributed by atoms with Gasteiger partial charge >= 0.3 is 0 Å². The normalized spacial score (nSPS) is 11.3. The Bertz CT molecular complexity index is 2090. The van der Waals surface area contributed by atoms with E-state index in [2.05, 4.69) is 30.5 Å². The van der Waals surface area contributed by atoms with E-state index in [1.54, 1.807) is 24.7 Å². The Morgan fingerprint density at radius 1 is 0.881 bits per heavy atom. The first kappa shape index (κ1) is 25.0. The van der Waals surface area contributed by atoms with Crippen LogP contribution >= 0.6 is 0 Å². The Labute approximate surface area is 237 Å². The number of rotatable bonds is 6. The molecule has 5 heterocycles. The lowest BCUT2D eigenvalue weighted by molar-refractivity contribution is -0.115. The van der Waals surface area contributed by atoms with Gasteiger partial charge in [-0.25, -0.2) is 14.4 Å². The number of hydrogen-bond donors (Lipinski definition) is 4. The van der Waals surface area contributed by atoms with Crippen molar-refractivity contribution in [2.75, 3.05) is 5.32 Å². The van der Waals surface area contributed by atoms with Crippen LogP contribution in [-0.4, -0.2) is 46.1 Å². The number of imidazole rings is 1. The minimum atomic E-state index is -0.580. The van der Waals surface area contributed by atoms with Gasteiger partial charge in [0.15, 0.2) is 11.5 Å². The van der Waals surface area contributed by atoms with Gasteiger partial charge in [-0.05, 0) is 42.0 Å². The highest BCUT2D eigenvalue weighted by molar-refractivity contribution is 5.96. The van der Waals surface area contributed by atoms with Crippen LogP contribution in [0.1, 0.15) is 5.56 Å². The molecule has 11 heteroatoms. The number of nitrogens with zero attached hydrogens (tertiary/aromatic N) is 5. The number of anilines is 1. The molecule has 0 unspecified atom stereocenters. The van der Waals surface area contributed by atoms with Crippen molar-refractivity contribution in [2.24, 2.45) is 0 Å². The largest absolute Gasteiger partial charge is 0.508 e. The first-order chi connectivity index (χ1) is 20.5. The smallest absolute Gasteiger partial charge is 0.228 e. The zero-order valence-electron chi connectivity index (χ0n) is 21.8. The van der Waals surface area contributed by atoms with Crippen molar-refractivity contribution in [1.29, 1.82) is 0 Å². The lowest BCUT2D eigenvalue weighted by Crippen LogP contribution is -2.14. The quantitative estimate of drug-likeness (QED) is 0.207. The summed E-state index contributed by atoms with van der Waals surface area (Å²) in [7, 11) is 0. The van der Waals surface area contributed by atoms with Crippen LogP contribution < -0.4 is 5.32 Å². The maximum Gasteiger partial charge on any atom is 0.228 e. The molecule has 7 aromatic rings. The Kier molecular flexibility index (Phi) is 6.08. The number of pyridine rings is 3. The van der Waals surface area contributed by atoms with Crippen molar-refractivity contribution >= 4 is 33.7 Å². The third-order valence-electron chi connectivity index (χ3n) is 6.71. The molecule has 0 saturated carbocycles. The lowest BCUT2D eigenvalue weighted by atomic mass is 10.1. The number of aromatic nitrogens is 7. The number of fused-ring (bicyclic) bond motifs is 2. The summed E-state index contributed by atoms with van der Waals surface area (Å²) in [5.74, 6) is -0.489. The average Bonchev–Trinajstić information content (AvgIpc) is 3.61. The van der Waals surface area contributed by atoms with Gasteiger partial charge in [-0.1, -0.05) is 30.3 Å². The summed E-state index contributed by atoms with van der Waals surface area (Å²) >= 11 is 0. The SMILES string of the molecule is O=C(Cc1ccccc1)Nc1cncc(-c2ccc3[nH]nc(-c4nc5c(-c6cc(O)cc(F)c6)nccc5[nH]4)c3n2)c1. The minimum absolute atomic E-state index is 0.145. The monoisotopic (exact) mass is 556 g/mol. The van der Waals surface area contributed by atoms with Crippen LogP contribution in [0.3, 0.4) is 0 Å². The Morgan fingerprint density at radius 3 is 2.60 bits per heavy atom. The third kappa shape index (κ3) is 4.79. The molecule has 4 N–H and O–H groups in total. The fourth-order valence-electron chi connectivity index (χ4n) is 4.83. The number of aromatic hydroxyl groups is 1. The fourth-order valence-corrected chi connectivity index (χ4v) is 4.83. The molecular formula is C31H21FN8O2. The molecule has 0 bridgehead atoms. The molecule has 1 amide bonds. The summed E-state index contributed by atoms with van der Waals surface area (Å²) in [6.07, 6.45) is 5.10. The zero-order chi connectivity index (χ0) is 28.6. The van der Waals surface area contributed by atoms with E-state index in [9.17, 15) is 14.3 Å². The second-order valence-corrected chi connectivity index (χ2v) is 9.68. The number of carbonyl (C=O) groups excluding carboxylic acids is 1. The van der Waals surface area contributed by atoms with Gasteiger partial charge in [-0.2, -0.15) is 5.10 Å². The number of phenols is 1. The van der Waals surface area contributed by atoms with Crippen LogP contribution in [0.25, 0.3) is 56.1 Å². The number of H-pyrrole nitrogens is 2. The zero-order valence-corrected chi connectivity index (χ0v) is 21.8. The molecule has 0 atom stereocenters. The molecule has 0 aliphatic rings. The molecule has 0 aliphatic carbocycles. The maximum absolute atomic E-state index is 14.0. The molecular weight excluding hydrogens is 535 g/mol. The van der Waals surface area contributed by atoms with E-state index in [0.29, 0.717) is 61.8 Å². The van der Waals surface area contributed by atoms with Crippen LogP contribution in [0.2, 0.25) is 0 Å². The summed E-state index contributed by atoms with van der Waals surface area (Å²) < 4.78 is 14.0. The third-order valence-corrected chi connectivity index (χ3v) is 6.71. The van der Waals surface area contributed by atoms with Crippen molar-refractivity contribution in [3.8, 4) is 39.8 Å². The number of carbonyl (C=O) groups is 1. The highest BCUT2D eigenvalue weighted by atomic mass is 19.1. The summed E-state index contributed by atoms with van der Waals surface area (Å²) in [5.41, 5.74) is 6.53. The summed E-state index contributed by atoms with van der Waals surface area (Å²) in [5, 5.41) is 20.2. The fraction of sp³-hybridized carbons (Fsp3) is 0.0323. The topological polar surface area (TPSA) is 145 Å². The molecule has 0 fully saturated rings. The molecule has 204 valence electrons. The number of hydrogen-bond acceptors (Lipinski definition) is 7. The van der Waals surface area contributed by atoms with Gasteiger partial charge in [0, 0.05) is 29.6 Å².